The molecule has 0 aromatic carbocycles. The highest BCUT2D eigenvalue weighted by Gasteiger charge is 2.53. The van der Waals surface area contributed by atoms with E-state index in [4.69, 9.17) is 9.47 Å². The summed E-state index contributed by atoms with van der Waals surface area (Å²) in [5, 5.41) is 0. The van der Waals surface area contributed by atoms with Gasteiger partial charge in [-0.15, -0.1) is 0 Å². The number of hydrogen-bond acceptors (Lipinski definition) is 4. The average molecular weight is 240 g/mol. The molecule has 0 spiro atoms. The van der Waals surface area contributed by atoms with Gasteiger partial charge in [-0.2, -0.15) is 0 Å². The quantitative estimate of drug-likeness (QED) is 0.708. The monoisotopic (exact) mass is 240 g/mol. The molecule has 0 aromatic rings. The molecule has 4 unspecified atom stereocenters. The van der Waals surface area contributed by atoms with Crippen LogP contribution in [0.1, 0.15) is 46.5 Å². The van der Waals surface area contributed by atoms with Crippen molar-refractivity contribution >= 4 is 11.9 Å². The molecule has 3 rings (SSSR count). The highest BCUT2D eigenvalue weighted by atomic mass is 16.6. The Labute approximate surface area is 102 Å². The zero-order valence-electron chi connectivity index (χ0n) is 10.7. The first-order valence-electron chi connectivity index (χ1n) is 6.39. The minimum atomic E-state index is -0.602. The molecular weight excluding hydrogens is 220 g/mol. The predicted octanol–water partition coefficient (Wildman–Crippen LogP) is 2.06. The summed E-state index contributed by atoms with van der Waals surface area (Å²) in [4.78, 5) is 23.3. The van der Waals surface area contributed by atoms with Crippen molar-refractivity contribution in [3.63, 3.8) is 0 Å². The lowest BCUT2D eigenvalue weighted by molar-refractivity contribution is -0.219. The SMILES string of the molecule is CCC(C)C(=O)OC1CC2CCC1(C)OC2=O. The maximum Gasteiger partial charge on any atom is 0.309 e. The van der Waals surface area contributed by atoms with Gasteiger partial charge in [0.1, 0.15) is 11.7 Å². The highest BCUT2D eigenvalue weighted by Crippen LogP contribution is 2.43. The Morgan fingerprint density at radius 3 is 2.88 bits per heavy atom. The van der Waals surface area contributed by atoms with Gasteiger partial charge in [-0.1, -0.05) is 13.8 Å². The van der Waals surface area contributed by atoms with Crippen LogP contribution in [0.4, 0.5) is 0 Å². The van der Waals surface area contributed by atoms with Crippen LogP contribution in [0, 0.1) is 11.8 Å². The maximum atomic E-state index is 11.8. The number of ether oxygens (including phenoxy) is 2. The maximum absolute atomic E-state index is 11.8. The molecule has 0 radical (unpaired) electrons. The minimum absolute atomic E-state index is 0.0773. The first kappa shape index (κ1) is 12.4. The molecule has 1 saturated carbocycles. The molecule has 1 aliphatic carbocycles. The Kier molecular flexibility index (Phi) is 3.15. The van der Waals surface area contributed by atoms with Crippen LogP contribution in [0.25, 0.3) is 0 Å². The van der Waals surface area contributed by atoms with Crippen LogP contribution in [0.5, 0.6) is 0 Å². The fourth-order valence-corrected chi connectivity index (χ4v) is 2.49. The number of hydrogen-bond donors (Lipinski definition) is 0. The van der Waals surface area contributed by atoms with Gasteiger partial charge >= 0.3 is 11.9 Å². The largest absolute Gasteiger partial charge is 0.458 e. The van der Waals surface area contributed by atoms with E-state index in [0.717, 1.165) is 19.3 Å². The van der Waals surface area contributed by atoms with E-state index in [-0.39, 0.29) is 29.9 Å². The lowest BCUT2D eigenvalue weighted by Crippen LogP contribution is -2.57. The van der Waals surface area contributed by atoms with E-state index < -0.39 is 5.60 Å². The summed E-state index contributed by atoms with van der Waals surface area (Å²) in [6.07, 6.45) is 2.78. The van der Waals surface area contributed by atoms with E-state index in [2.05, 4.69) is 0 Å². The van der Waals surface area contributed by atoms with Crippen molar-refractivity contribution in [2.45, 2.75) is 58.2 Å². The van der Waals surface area contributed by atoms with Crippen LogP contribution in [-0.2, 0) is 19.1 Å². The van der Waals surface area contributed by atoms with Crippen molar-refractivity contribution in [1.82, 2.24) is 0 Å². The van der Waals surface area contributed by atoms with Crippen LogP contribution in [0.15, 0.2) is 0 Å². The summed E-state index contributed by atoms with van der Waals surface area (Å²) < 4.78 is 10.9. The van der Waals surface area contributed by atoms with E-state index in [1.807, 2.05) is 20.8 Å². The third kappa shape index (κ3) is 2.17. The standard InChI is InChI=1S/C13H20O4/c1-4-8(2)11(14)16-10-7-9-5-6-13(10,3)17-12(9)15/h8-10H,4-7H2,1-3H3. The molecule has 3 fully saturated rings. The van der Waals surface area contributed by atoms with E-state index >= 15 is 0 Å². The van der Waals surface area contributed by atoms with Crippen molar-refractivity contribution in [3.8, 4) is 0 Å². The van der Waals surface area contributed by atoms with Gasteiger partial charge in [-0.05, 0) is 26.2 Å². The number of carbonyl (C=O) groups is 2. The Morgan fingerprint density at radius 2 is 2.35 bits per heavy atom. The van der Waals surface area contributed by atoms with Crippen molar-refractivity contribution in [2.24, 2.45) is 11.8 Å². The van der Waals surface area contributed by atoms with Crippen molar-refractivity contribution < 1.29 is 19.1 Å². The van der Waals surface area contributed by atoms with Gasteiger partial charge in [0.2, 0.25) is 0 Å². The van der Waals surface area contributed by atoms with Gasteiger partial charge in [0, 0.05) is 6.42 Å². The van der Waals surface area contributed by atoms with Crippen LogP contribution < -0.4 is 0 Å². The lowest BCUT2D eigenvalue weighted by Gasteiger charge is -2.47. The molecule has 2 saturated heterocycles. The smallest absolute Gasteiger partial charge is 0.309 e. The molecule has 4 nitrogen and oxygen atoms in total. The lowest BCUT2D eigenvalue weighted by atomic mass is 9.74. The number of fused-ring (bicyclic) bond motifs is 3. The first-order chi connectivity index (χ1) is 7.96. The molecule has 4 heteroatoms. The second-order valence-corrected chi connectivity index (χ2v) is 5.44. The van der Waals surface area contributed by atoms with Crippen LogP contribution in [0.3, 0.4) is 0 Å². The summed E-state index contributed by atoms with van der Waals surface area (Å²) in [6.45, 7) is 5.69. The second kappa shape index (κ2) is 4.31. The van der Waals surface area contributed by atoms with Gasteiger partial charge in [0.15, 0.2) is 0 Å². The number of carbonyl (C=O) groups excluding carboxylic acids is 2. The van der Waals surface area contributed by atoms with E-state index in [1.54, 1.807) is 0 Å². The van der Waals surface area contributed by atoms with Crippen molar-refractivity contribution in [2.75, 3.05) is 0 Å². The van der Waals surface area contributed by atoms with Gasteiger partial charge in [-0.3, -0.25) is 9.59 Å². The average Bonchev–Trinajstić information content (AvgIpc) is 2.29. The topological polar surface area (TPSA) is 52.6 Å². The summed E-state index contributed by atoms with van der Waals surface area (Å²) in [5.74, 6) is -0.474. The predicted molar refractivity (Wildman–Crippen MR) is 61.2 cm³/mol. The molecule has 2 bridgehead atoms. The zero-order chi connectivity index (χ0) is 12.6. The Balaban J connectivity index is 2.03. The zero-order valence-corrected chi connectivity index (χ0v) is 10.7. The molecule has 0 N–H and O–H groups in total. The number of esters is 2. The summed E-state index contributed by atoms with van der Waals surface area (Å²) in [5.41, 5.74) is -0.602. The van der Waals surface area contributed by atoms with Gasteiger partial charge in [0.05, 0.1) is 11.8 Å². The Morgan fingerprint density at radius 1 is 1.65 bits per heavy atom. The molecule has 17 heavy (non-hydrogen) atoms. The fraction of sp³-hybridized carbons (Fsp3) is 0.846. The molecule has 0 aromatic heterocycles. The second-order valence-electron chi connectivity index (χ2n) is 5.44. The van der Waals surface area contributed by atoms with Gasteiger partial charge in [0.25, 0.3) is 0 Å². The molecule has 3 aliphatic rings. The molecule has 4 atom stereocenters. The Bertz CT molecular complexity index is 338. The van der Waals surface area contributed by atoms with E-state index in [0.29, 0.717) is 6.42 Å². The minimum Gasteiger partial charge on any atom is -0.458 e. The summed E-state index contributed by atoms with van der Waals surface area (Å²) in [6, 6.07) is 0. The van der Waals surface area contributed by atoms with Gasteiger partial charge in [-0.25, -0.2) is 0 Å². The van der Waals surface area contributed by atoms with Crippen molar-refractivity contribution in [3.05, 3.63) is 0 Å². The molecule has 2 aliphatic heterocycles. The molecule has 96 valence electrons. The van der Waals surface area contributed by atoms with Gasteiger partial charge < -0.3 is 9.47 Å². The van der Waals surface area contributed by atoms with Crippen molar-refractivity contribution in [1.29, 1.82) is 0 Å². The van der Waals surface area contributed by atoms with E-state index in [9.17, 15) is 9.59 Å². The highest BCUT2D eigenvalue weighted by molar-refractivity contribution is 5.76. The first-order valence-corrected chi connectivity index (χ1v) is 6.39. The Hall–Kier alpha value is -1.06. The van der Waals surface area contributed by atoms with Crippen LogP contribution >= 0.6 is 0 Å². The number of rotatable bonds is 3. The summed E-state index contributed by atoms with van der Waals surface area (Å²) >= 11 is 0. The third-order valence-electron chi connectivity index (χ3n) is 4.11. The summed E-state index contributed by atoms with van der Waals surface area (Å²) in [7, 11) is 0. The molecular formula is C13H20O4. The molecule has 0 amide bonds. The normalized spacial score (nSPS) is 37.5. The fourth-order valence-electron chi connectivity index (χ4n) is 2.49. The van der Waals surface area contributed by atoms with Crippen LogP contribution in [-0.4, -0.2) is 23.6 Å². The van der Waals surface area contributed by atoms with Crippen LogP contribution in [0.2, 0.25) is 0 Å². The van der Waals surface area contributed by atoms with E-state index in [1.165, 1.54) is 0 Å². The molecule has 2 heterocycles. The third-order valence-corrected chi connectivity index (χ3v) is 4.11.